The van der Waals surface area contributed by atoms with Crippen LogP contribution in [0.3, 0.4) is 0 Å². The Balaban J connectivity index is 1.94. The highest BCUT2D eigenvalue weighted by atomic mass is 16.6. The largest absolute Gasteiger partial charge is 0.484 e. The minimum absolute atomic E-state index is 0.0251. The first-order valence-electron chi connectivity index (χ1n) is 7.58. The van der Waals surface area contributed by atoms with Crippen molar-refractivity contribution >= 4 is 17.4 Å². The van der Waals surface area contributed by atoms with Crippen LogP contribution in [0.25, 0.3) is 0 Å². The molecule has 0 aliphatic carbocycles. The van der Waals surface area contributed by atoms with Crippen molar-refractivity contribution < 1.29 is 19.2 Å². The first-order chi connectivity index (χ1) is 11.9. The summed E-state index contributed by atoms with van der Waals surface area (Å²) in [5.41, 5.74) is 0.990. The van der Waals surface area contributed by atoms with Crippen molar-refractivity contribution in [3.63, 3.8) is 0 Å². The molecule has 0 fully saturated rings. The molecule has 0 aliphatic rings. The van der Waals surface area contributed by atoms with Gasteiger partial charge in [-0.3, -0.25) is 19.7 Å². The van der Waals surface area contributed by atoms with Gasteiger partial charge in [-0.15, -0.1) is 0 Å². The molecule has 0 saturated carbocycles. The molecule has 0 unspecified atom stereocenters. The SMILES string of the molecule is CC(=O)c1ccc(OCC(=O)N(C)Cc2ccccc2[N+](=O)[O-])cc1. The number of hydrogen-bond acceptors (Lipinski definition) is 5. The number of hydrogen-bond donors (Lipinski definition) is 0. The number of ketones is 1. The van der Waals surface area contributed by atoms with Gasteiger partial charge in [-0.05, 0) is 31.2 Å². The molecule has 1 amide bonds. The van der Waals surface area contributed by atoms with Crippen molar-refractivity contribution in [1.82, 2.24) is 4.90 Å². The molecule has 0 aliphatic heterocycles. The molecule has 130 valence electrons. The van der Waals surface area contributed by atoms with E-state index in [-0.39, 0.29) is 30.5 Å². The molecule has 0 saturated heterocycles. The summed E-state index contributed by atoms with van der Waals surface area (Å²) >= 11 is 0. The molecule has 0 aromatic heterocycles. The summed E-state index contributed by atoms with van der Waals surface area (Å²) in [5, 5.41) is 11.0. The number of carbonyl (C=O) groups excluding carboxylic acids is 2. The monoisotopic (exact) mass is 342 g/mol. The number of carbonyl (C=O) groups is 2. The molecule has 2 aromatic rings. The van der Waals surface area contributed by atoms with E-state index in [1.54, 1.807) is 49.5 Å². The van der Waals surface area contributed by atoms with Crippen molar-refractivity contribution in [2.24, 2.45) is 0 Å². The molecule has 7 heteroatoms. The Kier molecular flexibility index (Phi) is 5.84. The van der Waals surface area contributed by atoms with Crippen LogP contribution < -0.4 is 4.74 Å². The Hall–Kier alpha value is -3.22. The van der Waals surface area contributed by atoms with Crippen molar-refractivity contribution in [3.8, 4) is 5.75 Å². The van der Waals surface area contributed by atoms with Crippen LogP contribution in [0.2, 0.25) is 0 Å². The van der Waals surface area contributed by atoms with Crippen LogP contribution in [0, 0.1) is 10.1 Å². The minimum atomic E-state index is -0.472. The van der Waals surface area contributed by atoms with Gasteiger partial charge in [-0.2, -0.15) is 0 Å². The van der Waals surface area contributed by atoms with E-state index in [0.717, 1.165) is 0 Å². The number of nitro groups is 1. The molecule has 2 rings (SSSR count). The Morgan fingerprint density at radius 2 is 1.76 bits per heavy atom. The van der Waals surface area contributed by atoms with Gasteiger partial charge in [-0.25, -0.2) is 0 Å². The van der Waals surface area contributed by atoms with Gasteiger partial charge in [0.25, 0.3) is 11.6 Å². The van der Waals surface area contributed by atoms with Gasteiger partial charge >= 0.3 is 0 Å². The lowest BCUT2D eigenvalue weighted by Crippen LogP contribution is -2.31. The quantitative estimate of drug-likeness (QED) is 0.438. The number of Topliss-reactive ketones (excluding diaryl/α,β-unsaturated/α-hetero) is 1. The van der Waals surface area contributed by atoms with Gasteiger partial charge in [0.05, 0.1) is 11.5 Å². The van der Waals surface area contributed by atoms with E-state index in [4.69, 9.17) is 4.74 Å². The summed E-state index contributed by atoms with van der Waals surface area (Å²) in [6.45, 7) is 1.39. The minimum Gasteiger partial charge on any atom is -0.484 e. The zero-order valence-corrected chi connectivity index (χ0v) is 14.0. The molecule has 0 radical (unpaired) electrons. The number of nitro benzene ring substituents is 1. The van der Waals surface area contributed by atoms with Crippen molar-refractivity contribution in [2.45, 2.75) is 13.5 Å². The Labute approximate surface area is 145 Å². The number of rotatable bonds is 7. The second kappa shape index (κ2) is 8.05. The van der Waals surface area contributed by atoms with E-state index >= 15 is 0 Å². The second-order valence-corrected chi connectivity index (χ2v) is 5.50. The van der Waals surface area contributed by atoms with E-state index in [0.29, 0.717) is 16.9 Å². The molecular formula is C18H18N2O5. The van der Waals surface area contributed by atoms with Crippen LogP contribution in [0.15, 0.2) is 48.5 Å². The molecule has 2 aromatic carbocycles. The number of likely N-dealkylation sites (N-methyl/N-ethyl adjacent to an activating group) is 1. The molecule has 0 N–H and O–H groups in total. The highest BCUT2D eigenvalue weighted by Gasteiger charge is 2.17. The molecule has 0 atom stereocenters. The van der Waals surface area contributed by atoms with Gasteiger partial charge < -0.3 is 9.64 Å². The predicted molar refractivity (Wildman–Crippen MR) is 91.5 cm³/mol. The highest BCUT2D eigenvalue weighted by molar-refractivity contribution is 5.94. The third-order valence-corrected chi connectivity index (χ3v) is 3.64. The van der Waals surface area contributed by atoms with Gasteiger partial charge in [0.15, 0.2) is 12.4 Å². The van der Waals surface area contributed by atoms with E-state index in [1.807, 2.05) is 0 Å². The average Bonchev–Trinajstić information content (AvgIpc) is 2.60. The van der Waals surface area contributed by atoms with Crippen LogP contribution in [0.4, 0.5) is 5.69 Å². The fraction of sp³-hybridized carbons (Fsp3) is 0.222. The summed E-state index contributed by atoms with van der Waals surface area (Å²) in [6, 6.07) is 12.8. The first-order valence-corrected chi connectivity index (χ1v) is 7.58. The molecule has 0 bridgehead atoms. The third-order valence-electron chi connectivity index (χ3n) is 3.64. The van der Waals surface area contributed by atoms with E-state index in [2.05, 4.69) is 0 Å². The second-order valence-electron chi connectivity index (χ2n) is 5.50. The van der Waals surface area contributed by atoms with Gasteiger partial charge in [0.1, 0.15) is 5.75 Å². The molecular weight excluding hydrogens is 324 g/mol. The van der Waals surface area contributed by atoms with E-state index in [1.165, 1.54) is 17.9 Å². The van der Waals surface area contributed by atoms with Crippen molar-refractivity contribution in [1.29, 1.82) is 0 Å². The summed E-state index contributed by atoms with van der Waals surface area (Å²) in [6.07, 6.45) is 0. The standard InChI is InChI=1S/C18H18N2O5/c1-13(21)14-7-9-16(10-8-14)25-12-18(22)19(2)11-15-5-3-4-6-17(15)20(23)24/h3-10H,11-12H2,1-2H3. The predicted octanol–water partition coefficient (Wildman–Crippen LogP) is 2.83. The van der Waals surface area contributed by atoms with E-state index in [9.17, 15) is 19.7 Å². The normalized spacial score (nSPS) is 10.2. The van der Waals surface area contributed by atoms with Crippen LogP contribution in [-0.4, -0.2) is 35.2 Å². The summed E-state index contributed by atoms with van der Waals surface area (Å²) in [5.74, 6) is 0.109. The molecule has 7 nitrogen and oxygen atoms in total. The van der Waals surface area contributed by atoms with Crippen molar-refractivity contribution in [2.75, 3.05) is 13.7 Å². The average molecular weight is 342 g/mol. The number of para-hydroxylation sites is 1. The first kappa shape index (κ1) is 18.1. The lowest BCUT2D eigenvalue weighted by molar-refractivity contribution is -0.385. The lowest BCUT2D eigenvalue weighted by atomic mass is 10.1. The highest BCUT2D eigenvalue weighted by Crippen LogP contribution is 2.19. The fourth-order valence-electron chi connectivity index (χ4n) is 2.21. The summed E-state index contributed by atoms with van der Waals surface area (Å²) in [7, 11) is 1.56. The molecule has 0 spiro atoms. The van der Waals surface area contributed by atoms with Crippen LogP contribution in [0.1, 0.15) is 22.8 Å². The third kappa shape index (κ3) is 4.87. The van der Waals surface area contributed by atoms with E-state index < -0.39 is 4.92 Å². The topological polar surface area (TPSA) is 89.8 Å². The smallest absolute Gasteiger partial charge is 0.274 e. The number of nitrogens with zero attached hydrogens (tertiary/aromatic N) is 2. The van der Waals surface area contributed by atoms with Crippen molar-refractivity contribution in [3.05, 3.63) is 69.8 Å². The maximum absolute atomic E-state index is 12.2. The zero-order valence-electron chi connectivity index (χ0n) is 14.0. The van der Waals surface area contributed by atoms with Gasteiger partial charge in [0, 0.05) is 24.2 Å². The fourth-order valence-corrected chi connectivity index (χ4v) is 2.21. The molecule has 0 heterocycles. The summed E-state index contributed by atoms with van der Waals surface area (Å²) in [4.78, 5) is 35.3. The van der Waals surface area contributed by atoms with Gasteiger partial charge in [0.2, 0.25) is 0 Å². The Morgan fingerprint density at radius 1 is 1.12 bits per heavy atom. The number of amides is 1. The van der Waals surface area contributed by atoms with Crippen LogP contribution in [-0.2, 0) is 11.3 Å². The summed E-state index contributed by atoms with van der Waals surface area (Å²) < 4.78 is 5.40. The maximum Gasteiger partial charge on any atom is 0.274 e. The zero-order chi connectivity index (χ0) is 18.4. The Morgan fingerprint density at radius 3 is 2.36 bits per heavy atom. The van der Waals surface area contributed by atoms with Gasteiger partial charge in [-0.1, -0.05) is 18.2 Å². The maximum atomic E-state index is 12.2. The molecule has 25 heavy (non-hydrogen) atoms. The van der Waals surface area contributed by atoms with Crippen LogP contribution in [0.5, 0.6) is 5.75 Å². The Bertz CT molecular complexity index is 786. The van der Waals surface area contributed by atoms with Crippen LogP contribution >= 0.6 is 0 Å². The number of benzene rings is 2. The lowest BCUT2D eigenvalue weighted by Gasteiger charge is -2.17. The number of ether oxygens (including phenoxy) is 1.